The van der Waals surface area contributed by atoms with Crippen LogP contribution < -0.4 is 5.32 Å². The van der Waals surface area contributed by atoms with Gasteiger partial charge in [-0.05, 0) is 37.0 Å². The fourth-order valence-electron chi connectivity index (χ4n) is 2.24. The summed E-state index contributed by atoms with van der Waals surface area (Å²) in [4.78, 5) is 17.7. The Hall–Kier alpha value is -1.04. The van der Waals surface area contributed by atoms with Crippen LogP contribution in [0.1, 0.15) is 22.6 Å². The van der Waals surface area contributed by atoms with Crippen LogP contribution in [0.2, 0.25) is 5.02 Å². The summed E-state index contributed by atoms with van der Waals surface area (Å²) in [7, 11) is 0. The first-order valence-corrected chi connectivity index (χ1v) is 9.16. The molecule has 1 amide bonds. The number of hydrogen-bond donors (Lipinski definition) is 1. The first kappa shape index (κ1) is 14.9. The Morgan fingerprint density at radius 2 is 2.14 bits per heavy atom. The monoisotopic (exact) mass is 338 g/mol. The van der Waals surface area contributed by atoms with E-state index >= 15 is 0 Å². The number of rotatable bonds is 5. The number of amides is 1. The van der Waals surface area contributed by atoms with Crippen molar-refractivity contribution >= 4 is 45.7 Å². The Balaban J connectivity index is 1.44. The molecule has 0 aliphatic heterocycles. The van der Waals surface area contributed by atoms with Gasteiger partial charge in [0.2, 0.25) is 5.91 Å². The van der Waals surface area contributed by atoms with Gasteiger partial charge >= 0.3 is 0 Å². The average Bonchev–Trinajstić information content (AvgIpc) is 3.02. The van der Waals surface area contributed by atoms with E-state index in [4.69, 9.17) is 11.6 Å². The second-order valence-electron chi connectivity index (χ2n) is 4.91. The first-order chi connectivity index (χ1) is 10.2. The van der Waals surface area contributed by atoms with Gasteiger partial charge in [0.15, 0.2) is 5.13 Å². The molecule has 1 aliphatic rings. The Morgan fingerprint density at radius 1 is 1.33 bits per heavy atom. The van der Waals surface area contributed by atoms with Gasteiger partial charge in [-0.15, -0.1) is 23.1 Å². The van der Waals surface area contributed by atoms with Gasteiger partial charge in [-0.2, -0.15) is 0 Å². The second kappa shape index (κ2) is 6.81. The lowest BCUT2D eigenvalue weighted by Crippen LogP contribution is -2.14. The van der Waals surface area contributed by atoms with Crippen molar-refractivity contribution in [3.63, 3.8) is 0 Å². The zero-order chi connectivity index (χ0) is 14.7. The van der Waals surface area contributed by atoms with Crippen molar-refractivity contribution in [2.45, 2.75) is 25.0 Å². The summed E-state index contributed by atoms with van der Waals surface area (Å²) in [5.41, 5.74) is 2.34. The normalized spacial score (nSPS) is 13.2. The highest BCUT2D eigenvalue weighted by molar-refractivity contribution is 7.99. The number of thiazole rings is 1. The minimum atomic E-state index is 0.0152. The molecule has 6 heteroatoms. The van der Waals surface area contributed by atoms with E-state index in [1.165, 1.54) is 22.6 Å². The van der Waals surface area contributed by atoms with Crippen LogP contribution in [0, 0.1) is 0 Å². The van der Waals surface area contributed by atoms with Crippen LogP contribution in [0.4, 0.5) is 5.13 Å². The quantitative estimate of drug-likeness (QED) is 0.890. The zero-order valence-electron chi connectivity index (χ0n) is 11.4. The fourth-order valence-corrected chi connectivity index (χ4v) is 4.22. The van der Waals surface area contributed by atoms with Crippen LogP contribution in [0.15, 0.2) is 24.3 Å². The lowest BCUT2D eigenvalue weighted by atomic mass is 10.2. The molecule has 0 saturated heterocycles. The first-order valence-electron chi connectivity index (χ1n) is 6.81. The molecule has 0 atom stereocenters. The maximum atomic E-state index is 11.9. The van der Waals surface area contributed by atoms with Gasteiger partial charge in [0.1, 0.15) is 0 Å². The Labute approximate surface area is 137 Å². The number of nitrogens with zero attached hydrogens (tertiary/aromatic N) is 1. The molecule has 21 heavy (non-hydrogen) atoms. The molecule has 3 rings (SSSR count). The smallest absolute Gasteiger partial charge is 0.236 e. The van der Waals surface area contributed by atoms with Gasteiger partial charge in [0.25, 0.3) is 0 Å². The largest absolute Gasteiger partial charge is 0.301 e. The minimum Gasteiger partial charge on any atom is -0.301 e. The van der Waals surface area contributed by atoms with Gasteiger partial charge in [0, 0.05) is 15.7 Å². The lowest BCUT2D eigenvalue weighted by molar-refractivity contribution is -0.113. The molecular weight excluding hydrogens is 324 g/mol. The number of aryl methyl sites for hydroxylation is 2. The number of thioether (sulfide) groups is 1. The molecule has 1 N–H and O–H groups in total. The molecule has 1 aliphatic carbocycles. The summed E-state index contributed by atoms with van der Waals surface area (Å²) < 4.78 is 0. The predicted molar refractivity (Wildman–Crippen MR) is 90.4 cm³/mol. The van der Waals surface area contributed by atoms with E-state index in [2.05, 4.69) is 10.3 Å². The van der Waals surface area contributed by atoms with Gasteiger partial charge in [-0.25, -0.2) is 4.98 Å². The minimum absolute atomic E-state index is 0.0152. The summed E-state index contributed by atoms with van der Waals surface area (Å²) >= 11 is 9.05. The molecule has 0 radical (unpaired) electrons. The number of aromatic nitrogens is 1. The molecule has 2 aromatic rings. The van der Waals surface area contributed by atoms with Crippen molar-refractivity contribution in [3.05, 3.63) is 45.4 Å². The molecule has 0 unspecified atom stereocenters. The van der Waals surface area contributed by atoms with Gasteiger partial charge < -0.3 is 5.32 Å². The number of carbonyl (C=O) groups excluding carboxylic acids is 1. The van der Waals surface area contributed by atoms with E-state index in [9.17, 15) is 4.79 Å². The van der Waals surface area contributed by atoms with Crippen molar-refractivity contribution in [2.24, 2.45) is 0 Å². The summed E-state index contributed by atoms with van der Waals surface area (Å²) in [5, 5.41) is 4.37. The Bertz CT molecular complexity index is 618. The molecule has 1 aromatic carbocycles. The predicted octanol–water partition coefficient (Wildman–Crippen LogP) is 4.16. The molecule has 0 fully saturated rings. The number of carbonyl (C=O) groups is 1. The van der Waals surface area contributed by atoms with Crippen molar-refractivity contribution < 1.29 is 4.79 Å². The molecule has 0 saturated carbocycles. The van der Waals surface area contributed by atoms with Crippen LogP contribution >= 0.6 is 34.7 Å². The Kier molecular flexibility index (Phi) is 4.83. The van der Waals surface area contributed by atoms with Crippen LogP contribution in [0.25, 0.3) is 0 Å². The third-order valence-electron chi connectivity index (χ3n) is 3.26. The third-order valence-corrected chi connectivity index (χ3v) is 5.59. The van der Waals surface area contributed by atoms with E-state index in [0.29, 0.717) is 5.75 Å². The van der Waals surface area contributed by atoms with Crippen molar-refractivity contribution in [3.8, 4) is 0 Å². The average molecular weight is 339 g/mol. The maximum Gasteiger partial charge on any atom is 0.236 e. The van der Waals surface area contributed by atoms with Gasteiger partial charge in [0.05, 0.1) is 11.4 Å². The highest BCUT2D eigenvalue weighted by Crippen LogP contribution is 2.30. The number of fused-ring (bicyclic) bond motifs is 1. The zero-order valence-corrected chi connectivity index (χ0v) is 13.8. The number of halogens is 1. The number of nitrogens with one attached hydrogen (secondary N) is 1. The van der Waals surface area contributed by atoms with Crippen LogP contribution in [0.5, 0.6) is 0 Å². The fraction of sp³-hybridized carbons (Fsp3) is 0.333. The number of benzene rings is 1. The third kappa shape index (κ3) is 3.99. The van der Waals surface area contributed by atoms with Crippen LogP contribution in [-0.2, 0) is 23.4 Å². The van der Waals surface area contributed by atoms with Crippen LogP contribution in [0.3, 0.4) is 0 Å². The van der Waals surface area contributed by atoms with E-state index in [1.54, 1.807) is 23.1 Å². The molecule has 0 bridgehead atoms. The van der Waals surface area contributed by atoms with E-state index in [-0.39, 0.29) is 5.91 Å². The van der Waals surface area contributed by atoms with Gasteiger partial charge in [-0.1, -0.05) is 23.7 Å². The van der Waals surface area contributed by atoms with Crippen molar-refractivity contribution in [1.82, 2.24) is 4.98 Å². The summed E-state index contributed by atoms with van der Waals surface area (Å²) in [6.45, 7) is 0. The van der Waals surface area contributed by atoms with Crippen molar-refractivity contribution in [2.75, 3.05) is 11.1 Å². The summed E-state index contributed by atoms with van der Waals surface area (Å²) in [6, 6.07) is 7.71. The second-order valence-corrected chi connectivity index (χ2v) is 7.42. The van der Waals surface area contributed by atoms with E-state index < -0.39 is 0 Å². The molecule has 1 aromatic heterocycles. The highest BCUT2D eigenvalue weighted by atomic mass is 35.5. The molecule has 0 spiro atoms. The van der Waals surface area contributed by atoms with Gasteiger partial charge in [-0.3, -0.25) is 4.79 Å². The van der Waals surface area contributed by atoms with Crippen molar-refractivity contribution in [1.29, 1.82) is 0 Å². The summed E-state index contributed by atoms with van der Waals surface area (Å²) in [5.74, 6) is 1.26. The number of hydrogen-bond acceptors (Lipinski definition) is 4. The Morgan fingerprint density at radius 3 is 2.90 bits per heavy atom. The molecular formula is C15H15ClN2OS2. The molecule has 1 heterocycles. The maximum absolute atomic E-state index is 11.9. The standard InChI is InChI=1S/C15H15ClN2OS2/c16-11-6-4-10(5-7-11)8-20-9-14(19)18-15-17-12-2-1-3-13(12)21-15/h4-7H,1-3,8-9H2,(H,17,18,19). The molecule has 110 valence electrons. The highest BCUT2D eigenvalue weighted by Gasteiger charge is 2.17. The topological polar surface area (TPSA) is 42.0 Å². The SMILES string of the molecule is O=C(CSCc1ccc(Cl)cc1)Nc1nc2c(s1)CCC2. The summed E-state index contributed by atoms with van der Waals surface area (Å²) in [6.07, 6.45) is 3.35. The lowest BCUT2D eigenvalue weighted by Gasteiger charge is -2.03. The van der Waals surface area contributed by atoms with Crippen LogP contribution in [-0.4, -0.2) is 16.6 Å². The molecule has 3 nitrogen and oxygen atoms in total. The van der Waals surface area contributed by atoms with E-state index in [0.717, 1.165) is 28.7 Å². The number of anilines is 1. The van der Waals surface area contributed by atoms with E-state index in [1.807, 2.05) is 24.3 Å².